The lowest BCUT2D eigenvalue weighted by atomic mass is 9.82. The van der Waals surface area contributed by atoms with Crippen LogP contribution in [0.5, 0.6) is 0 Å². The van der Waals surface area contributed by atoms with Crippen molar-refractivity contribution in [3.8, 4) is 0 Å². The minimum Gasteiger partial charge on any atom is -0.465 e. The van der Waals surface area contributed by atoms with Crippen LogP contribution in [0.25, 0.3) is 32.3 Å². The average molecular weight is 511 g/mol. The molecule has 4 aromatic carbocycles. The largest absolute Gasteiger partial charge is 0.465 e. The van der Waals surface area contributed by atoms with Crippen molar-refractivity contribution in [2.24, 2.45) is 0 Å². The molecule has 198 valence electrons. The minimum absolute atomic E-state index is 0.0872. The highest BCUT2D eigenvalue weighted by Gasteiger charge is 2.23. The van der Waals surface area contributed by atoms with E-state index in [9.17, 15) is 9.59 Å². The summed E-state index contributed by atoms with van der Waals surface area (Å²) in [6.07, 6.45) is 0. The van der Waals surface area contributed by atoms with E-state index in [0.717, 1.165) is 43.4 Å². The fraction of sp³-hybridized carbons (Fsp3) is 0.353. The summed E-state index contributed by atoms with van der Waals surface area (Å²) >= 11 is 0. The van der Waals surface area contributed by atoms with E-state index in [1.165, 1.54) is 25.3 Å². The molecule has 0 aliphatic carbocycles. The predicted octanol–water partition coefficient (Wildman–Crippen LogP) is 8.49. The maximum Gasteiger partial charge on any atom is 0.338 e. The molecule has 4 aromatic rings. The molecule has 0 heterocycles. The zero-order valence-corrected chi connectivity index (χ0v) is 24.3. The van der Waals surface area contributed by atoms with Crippen molar-refractivity contribution < 1.29 is 19.1 Å². The summed E-state index contributed by atoms with van der Waals surface area (Å²) in [6, 6.07) is 16.9. The van der Waals surface area contributed by atoms with Crippen molar-refractivity contribution in [2.45, 2.75) is 66.2 Å². The van der Waals surface area contributed by atoms with Crippen molar-refractivity contribution in [2.75, 3.05) is 14.2 Å². The van der Waals surface area contributed by atoms with E-state index in [1.54, 1.807) is 12.1 Å². The van der Waals surface area contributed by atoms with Crippen LogP contribution in [0.3, 0.4) is 0 Å². The molecule has 0 atom stereocenters. The molecule has 38 heavy (non-hydrogen) atoms. The molecule has 0 fully saturated rings. The van der Waals surface area contributed by atoms with Crippen LogP contribution in [0, 0.1) is 13.8 Å². The average Bonchev–Trinajstić information content (AvgIpc) is 2.85. The number of hydrogen-bond donors (Lipinski definition) is 0. The Hall–Kier alpha value is -3.66. The lowest BCUT2D eigenvalue weighted by molar-refractivity contribution is 0.0555. The Labute approximate surface area is 225 Å². The van der Waals surface area contributed by atoms with E-state index in [2.05, 4.69) is 91.8 Å². The lowest BCUT2D eigenvalue weighted by Crippen LogP contribution is -2.13. The molecule has 0 saturated heterocycles. The van der Waals surface area contributed by atoms with Gasteiger partial charge in [-0.15, -0.1) is 0 Å². The van der Waals surface area contributed by atoms with Crippen LogP contribution < -0.4 is 0 Å². The van der Waals surface area contributed by atoms with E-state index < -0.39 is 11.9 Å². The first kappa shape index (κ1) is 27.4. The van der Waals surface area contributed by atoms with Gasteiger partial charge in [0.2, 0.25) is 0 Å². The Morgan fingerprint density at radius 2 is 0.895 bits per heavy atom. The third-order valence-electron chi connectivity index (χ3n) is 7.62. The Balaban J connectivity index is 2.44. The van der Waals surface area contributed by atoms with E-state index in [-0.39, 0.29) is 22.0 Å². The first-order chi connectivity index (χ1) is 17.7. The summed E-state index contributed by atoms with van der Waals surface area (Å²) in [6.45, 7) is 17.4. The van der Waals surface area contributed by atoms with Gasteiger partial charge in [0.15, 0.2) is 0 Å². The molecule has 0 amide bonds. The lowest BCUT2D eigenvalue weighted by Gasteiger charge is -2.22. The quantitative estimate of drug-likeness (QED) is 0.254. The van der Waals surface area contributed by atoms with Crippen LogP contribution in [0.15, 0.2) is 48.5 Å². The molecule has 0 aromatic heterocycles. The summed E-state index contributed by atoms with van der Waals surface area (Å²) in [5.74, 6) is -1.15. The Morgan fingerprint density at radius 1 is 0.553 bits per heavy atom. The van der Waals surface area contributed by atoms with Gasteiger partial charge in [-0.2, -0.15) is 0 Å². The number of fused-ring (bicyclic) bond motifs is 7. The Kier molecular flexibility index (Phi) is 6.90. The van der Waals surface area contributed by atoms with Crippen LogP contribution in [0.1, 0.15) is 84.5 Å². The third kappa shape index (κ3) is 4.80. The highest BCUT2D eigenvalue weighted by Crippen LogP contribution is 2.37. The van der Waals surface area contributed by atoms with Crippen LogP contribution in [0.2, 0.25) is 0 Å². The molecule has 0 unspecified atom stereocenters. The van der Waals surface area contributed by atoms with E-state index in [1.807, 2.05) is 0 Å². The van der Waals surface area contributed by atoms with Gasteiger partial charge >= 0.3 is 11.9 Å². The van der Waals surface area contributed by atoms with Gasteiger partial charge < -0.3 is 9.47 Å². The molecule has 0 spiro atoms. The Morgan fingerprint density at radius 3 is 1.18 bits per heavy atom. The number of methoxy groups -OCH3 is 2. The number of benzene rings is 3. The first-order valence-corrected chi connectivity index (χ1v) is 13.0. The van der Waals surface area contributed by atoms with Gasteiger partial charge in [-0.3, -0.25) is 0 Å². The topological polar surface area (TPSA) is 52.6 Å². The molecule has 4 nitrogen and oxygen atoms in total. The second-order valence-electron chi connectivity index (χ2n) is 12.2. The number of ether oxygens (including phenoxy) is 2. The normalized spacial score (nSPS) is 12.2. The SMILES string of the molecule is COC(=O)c1cc2c3cc(C(C)(C)C)cc(ccc4cc(C(C)(C)C)cc(c4C)c2cc1C(=O)OC)c3C. The maximum absolute atomic E-state index is 12.9. The molecule has 0 aliphatic rings. The van der Waals surface area contributed by atoms with Gasteiger partial charge in [0.05, 0.1) is 25.3 Å². The summed E-state index contributed by atoms with van der Waals surface area (Å²) in [5.41, 5.74) is 4.81. The fourth-order valence-corrected chi connectivity index (χ4v) is 5.03. The molecule has 4 bridgehead atoms. The monoisotopic (exact) mass is 510 g/mol. The van der Waals surface area contributed by atoms with Crippen LogP contribution in [-0.4, -0.2) is 26.2 Å². The number of carbonyl (C=O) groups excluding carboxylic acids is 2. The molecular formula is C34H38O4. The van der Waals surface area contributed by atoms with Crippen LogP contribution >= 0.6 is 0 Å². The Bertz CT molecular complexity index is 1520. The van der Waals surface area contributed by atoms with E-state index in [4.69, 9.17) is 9.47 Å². The molecule has 0 aliphatic heterocycles. The molecule has 0 saturated carbocycles. The van der Waals surface area contributed by atoms with Crippen molar-refractivity contribution in [3.63, 3.8) is 0 Å². The van der Waals surface area contributed by atoms with Gasteiger partial charge in [-0.25, -0.2) is 9.59 Å². The van der Waals surface area contributed by atoms with Crippen molar-refractivity contribution in [3.05, 3.63) is 81.9 Å². The predicted molar refractivity (Wildman–Crippen MR) is 157 cm³/mol. The highest BCUT2D eigenvalue weighted by molar-refractivity contribution is 6.16. The van der Waals surface area contributed by atoms with E-state index in [0.29, 0.717) is 0 Å². The minimum atomic E-state index is -0.573. The summed E-state index contributed by atoms with van der Waals surface area (Å²) in [4.78, 5) is 25.9. The molecule has 0 radical (unpaired) electrons. The second kappa shape index (κ2) is 9.58. The summed E-state index contributed by atoms with van der Waals surface area (Å²) in [5, 5.41) is 6.07. The van der Waals surface area contributed by atoms with Crippen molar-refractivity contribution in [1.82, 2.24) is 0 Å². The van der Waals surface area contributed by atoms with Crippen LogP contribution in [0.4, 0.5) is 0 Å². The van der Waals surface area contributed by atoms with Crippen molar-refractivity contribution >= 4 is 44.3 Å². The highest BCUT2D eigenvalue weighted by atomic mass is 16.5. The maximum atomic E-state index is 12.9. The zero-order valence-electron chi connectivity index (χ0n) is 24.3. The molecule has 0 N–H and O–H groups in total. The third-order valence-corrected chi connectivity index (χ3v) is 7.62. The second-order valence-corrected chi connectivity index (χ2v) is 12.2. The summed E-state index contributed by atoms with van der Waals surface area (Å²) in [7, 11) is 2.65. The van der Waals surface area contributed by atoms with Crippen LogP contribution in [-0.2, 0) is 20.3 Å². The molecule has 4 rings (SSSR count). The molecule has 4 heteroatoms. The zero-order chi connectivity index (χ0) is 28.2. The number of hydrogen-bond acceptors (Lipinski definition) is 4. The smallest absolute Gasteiger partial charge is 0.338 e. The van der Waals surface area contributed by atoms with Gasteiger partial charge in [0.1, 0.15) is 0 Å². The number of carbonyl (C=O) groups is 2. The summed E-state index contributed by atoms with van der Waals surface area (Å²) < 4.78 is 10.2. The fourth-order valence-electron chi connectivity index (χ4n) is 5.03. The van der Waals surface area contributed by atoms with Gasteiger partial charge in [-0.05, 0) is 91.4 Å². The standard InChI is InChI=1S/C34H38O4/c1-19-21-11-12-22-14-24(34(6,7)8)16-26(20(22)2)28-18-30(32(36)38-10)29(31(35)37-9)17-27(28)25(19)15-23(13-21)33(3,4)5/h11-18H,1-10H3. The van der Waals surface area contributed by atoms with Crippen molar-refractivity contribution in [1.29, 1.82) is 0 Å². The first-order valence-electron chi connectivity index (χ1n) is 13.0. The van der Waals surface area contributed by atoms with E-state index >= 15 is 0 Å². The number of esters is 2. The molecular weight excluding hydrogens is 472 g/mol. The van der Waals surface area contributed by atoms with Gasteiger partial charge in [0, 0.05) is 0 Å². The van der Waals surface area contributed by atoms with Gasteiger partial charge in [0.25, 0.3) is 0 Å². The van der Waals surface area contributed by atoms with Gasteiger partial charge in [-0.1, -0.05) is 77.9 Å². The number of aryl methyl sites for hydroxylation is 2. The number of rotatable bonds is 2.